The van der Waals surface area contributed by atoms with Gasteiger partial charge in [0, 0.05) is 12.0 Å². The van der Waals surface area contributed by atoms with Gasteiger partial charge in [-0.2, -0.15) is 0 Å². The molecule has 0 saturated heterocycles. The largest absolute Gasteiger partial charge is 0.493 e. The van der Waals surface area contributed by atoms with Crippen LogP contribution < -0.4 is 14.4 Å². The molecule has 5 heteroatoms. The standard InChI is InChI=1S/C18H21F2NO2/c1-21(12-14-4-6-15(19)16(20)10-14)9-8-13-5-7-17(22-2)18(11-13)23-3/h4-7,10-11H,8-9,12H2,1-3H3/p+1. The molecule has 0 amide bonds. The minimum absolute atomic E-state index is 0.643. The highest BCUT2D eigenvalue weighted by Crippen LogP contribution is 2.27. The van der Waals surface area contributed by atoms with E-state index in [1.807, 2.05) is 25.2 Å². The summed E-state index contributed by atoms with van der Waals surface area (Å²) in [6, 6.07) is 9.91. The highest BCUT2D eigenvalue weighted by atomic mass is 19.2. The summed E-state index contributed by atoms with van der Waals surface area (Å²) >= 11 is 0. The predicted molar refractivity (Wildman–Crippen MR) is 85.1 cm³/mol. The molecule has 1 atom stereocenters. The summed E-state index contributed by atoms with van der Waals surface area (Å²) in [7, 11) is 5.25. The summed E-state index contributed by atoms with van der Waals surface area (Å²) in [5.41, 5.74) is 1.93. The van der Waals surface area contributed by atoms with Crippen molar-refractivity contribution >= 4 is 0 Å². The molecule has 0 aromatic heterocycles. The second kappa shape index (κ2) is 7.92. The Kier molecular flexibility index (Phi) is 5.93. The molecule has 0 saturated carbocycles. The van der Waals surface area contributed by atoms with Crippen LogP contribution in [0.3, 0.4) is 0 Å². The molecule has 2 aromatic carbocycles. The summed E-state index contributed by atoms with van der Waals surface area (Å²) in [6.45, 7) is 1.51. The molecule has 1 unspecified atom stereocenters. The van der Waals surface area contributed by atoms with Crippen LogP contribution in [0.2, 0.25) is 0 Å². The number of nitrogens with one attached hydrogen (secondary N) is 1. The Morgan fingerprint density at radius 2 is 1.57 bits per heavy atom. The van der Waals surface area contributed by atoms with Crippen molar-refractivity contribution < 1.29 is 23.2 Å². The van der Waals surface area contributed by atoms with Crippen LogP contribution in [0.4, 0.5) is 8.78 Å². The van der Waals surface area contributed by atoms with Gasteiger partial charge in [-0.1, -0.05) is 12.1 Å². The van der Waals surface area contributed by atoms with Gasteiger partial charge >= 0.3 is 0 Å². The number of benzene rings is 2. The molecule has 0 aliphatic carbocycles. The lowest BCUT2D eigenvalue weighted by Crippen LogP contribution is -3.07. The van der Waals surface area contributed by atoms with E-state index >= 15 is 0 Å². The molecule has 3 nitrogen and oxygen atoms in total. The van der Waals surface area contributed by atoms with Gasteiger partial charge in [-0.25, -0.2) is 8.78 Å². The van der Waals surface area contributed by atoms with Crippen molar-refractivity contribution in [1.29, 1.82) is 0 Å². The van der Waals surface area contributed by atoms with Crippen molar-refractivity contribution in [3.05, 3.63) is 59.2 Å². The number of likely N-dealkylation sites (N-methyl/N-ethyl adjacent to an activating group) is 1. The lowest BCUT2D eigenvalue weighted by atomic mass is 10.1. The summed E-state index contributed by atoms with van der Waals surface area (Å²) < 4.78 is 36.7. The van der Waals surface area contributed by atoms with Crippen LogP contribution in [0.15, 0.2) is 36.4 Å². The zero-order valence-corrected chi connectivity index (χ0v) is 13.7. The number of rotatable bonds is 7. The summed E-state index contributed by atoms with van der Waals surface area (Å²) in [5.74, 6) is -0.186. The molecule has 0 fully saturated rings. The summed E-state index contributed by atoms with van der Waals surface area (Å²) in [5, 5.41) is 0. The molecular weight excluding hydrogens is 300 g/mol. The molecule has 0 aliphatic rings. The van der Waals surface area contributed by atoms with Crippen molar-refractivity contribution in [2.75, 3.05) is 27.8 Å². The normalized spacial score (nSPS) is 12.0. The summed E-state index contributed by atoms with van der Waals surface area (Å²) in [6.07, 6.45) is 0.857. The minimum atomic E-state index is -0.809. The van der Waals surface area contributed by atoms with E-state index in [4.69, 9.17) is 9.47 Å². The van der Waals surface area contributed by atoms with Crippen LogP contribution in [0, 0.1) is 11.6 Å². The number of methoxy groups -OCH3 is 2. The van der Waals surface area contributed by atoms with Crippen molar-refractivity contribution in [1.82, 2.24) is 0 Å². The van der Waals surface area contributed by atoms with Gasteiger partial charge in [0.25, 0.3) is 0 Å². The maximum absolute atomic E-state index is 13.2. The fourth-order valence-electron chi connectivity index (χ4n) is 2.48. The first kappa shape index (κ1) is 17.2. The van der Waals surface area contributed by atoms with Gasteiger partial charge in [-0.05, 0) is 29.8 Å². The first-order valence-electron chi connectivity index (χ1n) is 7.49. The van der Waals surface area contributed by atoms with E-state index in [0.29, 0.717) is 18.0 Å². The first-order valence-corrected chi connectivity index (χ1v) is 7.49. The zero-order chi connectivity index (χ0) is 16.8. The molecule has 124 valence electrons. The first-order chi connectivity index (χ1) is 11.0. The van der Waals surface area contributed by atoms with Gasteiger partial charge in [0.15, 0.2) is 23.1 Å². The Labute approximate surface area is 135 Å². The van der Waals surface area contributed by atoms with E-state index in [-0.39, 0.29) is 0 Å². The fraction of sp³-hybridized carbons (Fsp3) is 0.333. The average Bonchev–Trinajstić information content (AvgIpc) is 2.56. The molecule has 23 heavy (non-hydrogen) atoms. The second-order valence-electron chi connectivity index (χ2n) is 5.57. The predicted octanol–water partition coefficient (Wildman–Crippen LogP) is 2.24. The molecule has 0 spiro atoms. The molecule has 0 bridgehead atoms. The molecule has 2 rings (SSSR count). The SMILES string of the molecule is COc1ccc(CC[NH+](C)Cc2ccc(F)c(F)c2)cc1OC. The van der Waals surface area contributed by atoms with Gasteiger partial charge in [0.1, 0.15) is 6.54 Å². The van der Waals surface area contributed by atoms with Gasteiger partial charge in [-0.15, -0.1) is 0 Å². The Hall–Kier alpha value is -2.14. The van der Waals surface area contributed by atoms with E-state index < -0.39 is 11.6 Å². The van der Waals surface area contributed by atoms with Gasteiger partial charge in [0.05, 0.1) is 27.8 Å². The van der Waals surface area contributed by atoms with Crippen LogP contribution in [0.5, 0.6) is 11.5 Å². The molecule has 1 N–H and O–H groups in total. The third-order valence-corrected chi connectivity index (χ3v) is 3.78. The summed E-state index contributed by atoms with van der Waals surface area (Å²) in [4.78, 5) is 1.21. The average molecular weight is 322 g/mol. The van der Waals surface area contributed by atoms with Gasteiger partial charge in [0.2, 0.25) is 0 Å². The number of quaternary nitrogens is 1. The Balaban J connectivity index is 1.93. The highest BCUT2D eigenvalue weighted by molar-refractivity contribution is 5.42. The molecule has 0 radical (unpaired) electrons. The van der Waals surface area contributed by atoms with Crippen molar-refractivity contribution in [3.8, 4) is 11.5 Å². The third kappa shape index (κ3) is 4.66. The van der Waals surface area contributed by atoms with Crippen molar-refractivity contribution in [2.45, 2.75) is 13.0 Å². The lowest BCUT2D eigenvalue weighted by Gasteiger charge is -2.15. The van der Waals surface area contributed by atoms with Gasteiger partial charge < -0.3 is 14.4 Å². The third-order valence-electron chi connectivity index (χ3n) is 3.78. The van der Waals surface area contributed by atoms with Crippen LogP contribution in [-0.4, -0.2) is 27.8 Å². The van der Waals surface area contributed by atoms with E-state index in [9.17, 15) is 8.78 Å². The number of hydrogen-bond acceptors (Lipinski definition) is 2. The quantitative estimate of drug-likeness (QED) is 0.845. The highest BCUT2D eigenvalue weighted by Gasteiger charge is 2.09. The van der Waals surface area contributed by atoms with Crippen LogP contribution in [0.1, 0.15) is 11.1 Å². The molecule has 0 heterocycles. The maximum Gasteiger partial charge on any atom is 0.160 e. The molecular formula is C18H22F2NO2+. The Morgan fingerprint density at radius 1 is 0.870 bits per heavy atom. The minimum Gasteiger partial charge on any atom is -0.493 e. The topological polar surface area (TPSA) is 22.9 Å². The second-order valence-corrected chi connectivity index (χ2v) is 5.57. The number of hydrogen-bond donors (Lipinski definition) is 1. The fourth-order valence-corrected chi connectivity index (χ4v) is 2.48. The van der Waals surface area contributed by atoms with E-state index in [1.165, 1.54) is 17.0 Å². The Morgan fingerprint density at radius 3 is 2.22 bits per heavy atom. The van der Waals surface area contributed by atoms with Crippen molar-refractivity contribution in [3.63, 3.8) is 0 Å². The molecule has 2 aromatic rings. The number of ether oxygens (including phenoxy) is 2. The smallest absolute Gasteiger partial charge is 0.160 e. The van der Waals surface area contributed by atoms with Crippen LogP contribution in [0.25, 0.3) is 0 Å². The van der Waals surface area contributed by atoms with Crippen LogP contribution >= 0.6 is 0 Å². The lowest BCUT2D eigenvalue weighted by molar-refractivity contribution is -0.893. The van der Waals surface area contributed by atoms with E-state index in [2.05, 4.69) is 0 Å². The maximum atomic E-state index is 13.2. The zero-order valence-electron chi connectivity index (χ0n) is 13.7. The van der Waals surface area contributed by atoms with Gasteiger partial charge in [-0.3, -0.25) is 0 Å². The monoisotopic (exact) mass is 322 g/mol. The molecule has 0 aliphatic heterocycles. The van der Waals surface area contributed by atoms with Crippen molar-refractivity contribution in [2.24, 2.45) is 0 Å². The van der Waals surface area contributed by atoms with E-state index in [0.717, 1.165) is 24.1 Å². The Bertz CT molecular complexity index is 661. The van der Waals surface area contributed by atoms with Crippen LogP contribution in [-0.2, 0) is 13.0 Å². The van der Waals surface area contributed by atoms with E-state index in [1.54, 1.807) is 20.3 Å². The number of halogens is 2.